The zero-order valence-electron chi connectivity index (χ0n) is 13.6. The molecule has 0 amide bonds. The summed E-state index contributed by atoms with van der Waals surface area (Å²) in [5, 5.41) is 2.52. The van der Waals surface area contributed by atoms with Gasteiger partial charge in [-0.2, -0.15) is 0 Å². The van der Waals surface area contributed by atoms with E-state index in [1.807, 2.05) is 11.8 Å². The number of unbranched alkanes of at least 4 members (excludes halogenated alkanes) is 2. The van der Waals surface area contributed by atoms with Gasteiger partial charge in [-0.1, -0.05) is 44.0 Å². The highest BCUT2D eigenvalue weighted by atomic mass is 32.2. The molecule has 0 saturated heterocycles. The Balaban J connectivity index is 2.27. The highest BCUT2D eigenvalue weighted by molar-refractivity contribution is 7.99. The summed E-state index contributed by atoms with van der Waals surface area (Å²) < 4.78 is 6.10. The maximum atomic E-state index is 6.10. The van der Waals surface area contributed by atoms with Crippen molar-refractivity contribution in [3.63, 3.8) is 0 Å². The molecule has 0 atom stereocenters. The molecule has 0 unspecified atom stereocenters. The lowest BCUT2D eigenvalue weighted by molar-refractivity contribution is 0.133. The van der Waals surface area contributed by atoms with E-state index in [-0.39, 0.29) is 5.60 Å². The number of hydrogen-bond acceptors (Lipinski definition) is 2. The molecular formula is C19H26OS. The molecule has 0 aromatic heterocycles. The fourth-order valence-electron chi connectivity index (χ4n) is 2.32. The summed E-state index contributed by atoms with van der Waals surface area (Å²) in [6, 6.07) is 12.9. The lowest BCUT2D eigenvalue weighted by Gasteiger charge is -2.23. The van der Waals surface area contributed by atoms with Crippen LogP contribution in [0.1, 0.15) is 47.0 Å². The standard InChI is InChI=1S/C19H26OS/c1-5-6-9-14-21-18-13-12-17(20-19(2,3)4)15-10-7-8-11-16(15)18/h7-8,10-13H,5-6,9,14H2,1-4H3. The first kappa shape index (κ1) is 16.2. The van der Waals surface area contributed by atoms with E-state index in [0.29, 0.717) is 0 Å². The smallest absolute Gasteiger partial charge is 0.127 e. The molecule has 21 heavy (non-hydrogen) atoms. The first-order valence-corrected chi connectivity index (χ1v) is 8.83. The number of fused-ring (bicyclic) bond motifs is 1. The topological polar surface area (TPSA) is 9.23 Å². The predicted molar refractivity (Wildman–Crippen MR) is 94.6 cm³/mol. The van der Waals surface area contributed by atoms with Crippen LogP contribution in [0.4, 0.5) is 0 Å². The molecule has 2 heteroatoms. The highest BCUT2D eigenvalue weighted by Gasteiger charge is 2.15. The molecule has 0 aliphatic carbocycles. The van der Waals surface area contributed by atoms with Crippen LogP contribution in [-0.2, 0) is 0 Å². The first-order chi connectivity index (χ1) is 10.0. The minimum absolute atomic E-state index is 0.168. The minimum atomic E-state index is -0.168. The van der Waals surface area contributed by atoms with E-state index in [2.05, 4.69) is 64.1 Å². The molecular weight excluding hydrogens is 276 g/mol. The molecule has 2 aromatic carbocycles. The van der Waals surface area contributed by atoms with Crippen LogP contribution >= 0.6 is 11.8 Å². The lowest BCUT2D eigenvalue weighted by Crippen LogP contribution is -2.23. The Hall–Kier alpha value is -1.15. The third-order valence-corrected chi connectivity index (χ3v) is 4.43. The second kappa shape index (κ2) is 7.22. The van der Waals surface area contributed by atoms with Crippen LogP contribution in [0.25, 0.3) is 10.8 Å². The molecule has 0 N–H and O–H groups in total. The molecule has 0 heterocycles. The Bertz CT molecular complexity index is 584. The van der Waals surface area contributed by atoms with E-state index in [1.54, 1.807) is 0 Å². The van der Waals surface area contributed by atoms with Gasteiger partial charge in [0.25, 0.3) is 0 Å². The molecule has 2 rings (SSSR count). The summed E-state index contributed by atoms with van der Waals surface area (Å²) in [6.45, 7) is 8.53. The lowest BCUT2D eigenvalue weighted by atomic mass is 10.1. The van der Waals surface area contributed by atoms with Crippen molar-refractivity contribution in [1.29, 1.82) is 0 Å². The SMILES string of the molecule is CCCCCSc1ccc(OC(C)(C)C)c2ccccc12. The van der Waals surface area contributed by atoms with Gasteiger partial charge in [-0.3, -0.25) is 0 Å². The van der Waals surface area contributed by atoms with Crippen molar-refractivity contribution < 1.29 is 4.74 Å². The van der Waals surface area contributed by atoms with Crippen LogP contribution in [0, 0.1) is 0 Å². The molecule has 0 bridgehead atoms. The van der Waals surface area contributed by atoms with Crippen LogP contribution in [0.5, 0.6) is 5.75 Å². The Labute approximate surface area is 133 Å². The summed E-state index contributed by atoms with van der Waals surface area (Å²) in [5.74, 6) is 2.17. The molecule has 0 saturated carbocycles. The van der Waals surface area contributed by atoms with Gasteiger partial charge in [0.2, 0.25) is 0 Å². The second-order valence-corrected chi connectivity index (χ2v) is 7.51. The molecule has 114 valence electrons. The first-order valence-electron chi connectivity index (χ1n) is 7.85. The maximum Gasteiger partial charge on any atom is 0.127 e. The van der Waals surface area contributed by atoms with Gasteiger partial charge in [0.1, 0.15) is 11.4 Å². The summed E-state index contributed by atoms with van der Waals surface area (Å²) >= 11 is 1.96. The van der Waals surface area contributed by atoms with E-state index < -0.39 is 0 Å². The summed E-state index contributed by atoms with van der Waals surface area (Å²) in [4.78, 5) is 1.36. The van der Waals surface area contributed by atoms with E-state index in [1.165, 1.54) is 40.7 Å². The number of hydrogen-bond donors (Lipinski definition) is 0. The number of benzene rings is 2. The fourth-order valence-corrected chi connectivity index (χ4v) is 3.39. The number of thioether (sulfide) groups is 1. The van der Waals surface area contributed by atoms with Gasteiger partial charge in [0.15, 0.2) is 0 Å². The average Bonchev–Trinajstić information content (AvgIpc) is 2.44. The maximum absolute atomic E-state index is 6.10. The zero-order chi connectivity index (χ0) is 15.3. The Morgan fingerprint density at radius 1 is 0.952 bits per heavy atom. The predicted octanol–water partition coefficient (Wildman–Crippen LogP) is 6.30. The largest absolute Gasteiger partial charge is 0.488 e. The van der Waals surface area contributed by atoms with Crippen LogP contribution < -0.4 is 4.74 Å². The quantitative estimate of drug-likeness (QED) is 0.457. The van der Waals surface area contributed by atoms with Crippen molar-refractivity contribution >= 4 is 22.5 Å². The van der Waals surface area contributed by atoms with Crippen molar-refractivity contribution in [2.45, 2.75) is 57.5 Å². The monoisotopic (exact) mass is 302 g/mol. The van der Waals surface area contributed by atoms with Crippen molar-refractivity contribution in [2.24, 2.45) is 0 Å². The summed E-state index contributed by atoms with van der Waals surface area (Å²) in [6.07, 6.45) is 3.88. The average molecular weight is 302 g/mol. The van der Waals surface area contributed by atoms with Crippen LogP contribution in [0.2, 0.25) is 0 Å². The van der Waals surface area contributed by atoms with E-state index in [4.69, 9.17) is 4.74 Å². The molecule has 0 spiro atoms. The Kier molecular flexibility index (Phi) is 5.58. The van der Waals surface area contributed by atoms with Crippen LogP contribution in [0.15, 0.2) is 41.3 Å². The zero-order valence-corrected chi connectivity index (χ0v) is 14.4. The molecule has 0 radical (unpaired) electrons. The van der Waals surface area contributed by atoms with Crippen molar-refractivity contribution in [2.75, 3.05) is 5.75 Å². The second-order valence-electron chi connectivity index (χ2n) is 6.38. The molecule has 2 aromatic rings. The minimum Gasteiger partial charge on any atom is -0.488 e. The van der Waals surface area contributed by atoms with E-state index in [9.17, 15) is 0 Å². The van der Waals surface area contributed by atoms with Gasteiger partial charge in [-0.05, 0) is 50.5 Å². The van der Waals surface area contributed by atoms with E-state index >= 15 is 0 Å². The van der Waals surface area contributed by atoms with Crippen molar-refractivity contribution in [3.8, 4) is 5.75 Å². The van der Waals surface area contributed by atoms with Gasteiger partial charge in [-0.15, -0.1) is 11.8 Å². The van der Waals surface area contributed by atoms with Gasteiger partial charge in [0, 0.05) is 10.3 Å². The summed E-state index contributed by atoms with van der Waals surface area (Å²) in [5.41, 5.74) is -0.168. The van der Waals surface area contributed by atoms with Gasteiger partial charge >= 0.3 is 0 Å². The van der Waals surface area contributed by atoms with Crippen molar-refractivity contribution in [1.82, 2.24) is 0 Å². The normalized spacial score (nSPS) is 11.8. The molecule has 0 aliphatic rings. The molecule has 1 nitrogen and oxygen atoms in total. The third-order valence-electron chi connectivity index (χ3n) is 3.27. The molecule has 0 fully saturated rings. The van der Waals surface area contributed by atoms with Crippen LogP contribution in [-0.4, -0.2) is 11.4 Å². The Morgan fingerprint density at radius 2 is 1.67 bits per heavy atom. The highest BCUT2D eigenvalue weighted by Crippen LogP contribution is 2.35. The fraction of sp³-hybridized carbons (Fsp3) is 0.474. The van der Waals surface area contributed by atoms with Crippen LogP contribution in [0.3, 0.4) is 0 Å². The van der Waals surface area contributed by atoms with Crippen molar-refractivity contribution in [3.05, 3.63) is 36.4 Å². The number of ether oxygens (including phenoxy) is 1. The Morgan fingerprint density at radius 3 is 2.33 bits per heavy atom. The van der Waals surface area contributed by atoms with E-state index in [0.717, 1.165) is 5.75 Å². The van der Waals surface area contributed by atoms with Gasteiger partial charge < -0.3 is 4.74 Å². The molecule has 0 aliphatic heterocycles. The van der Waals surface area contributed by atoms with Gasteiger partial charge in [-0.25, -0.2) is 0 Å². The number of rotatable bonds is 6. The summed E-state index contributed by atoms with van der Waals surface area (Å²) in [7, 11) is 0. The third kappa shape index (κ3) is 4.67. The van der Waals surface area contributed by atoms with Gasteiger partial charge in [0.05, 0.1) is 0 Å².